The zero-order valence-corrected chi connectivity index (χ0v) is 18.1. The highest BCUT2D eigenvalue weighted by atomic mass is 32.2. The molecule has 4 N–H and O–H groups in total. The van der Waals surface area contributed by atoms with E-state index in [4.69, 9.17) is 10.5 Å². The number of esters is 1. The molecule has 2 aliphatic heterocycles. The molecule has 1 aromatic rings. The molecule has 3 aliphatic rings. The van der Waals surface area contributed by atoms with E-state index in [1.807, 2.05) is 0 Å². The molecule has 11 heteroatoms. The van der Waals surface area contributed by atoms with E-state index in [1.54, 1.807) is 18.2 Å². The Balaban J connectivity index is 1.86. The van der Waals surface area contributed by atoms with Crippen LogP contribution in [0.4, 0.5) is 0 Å². The maximum atomic E-state index is 13.4. The first kappa shape index (κ1) is 23.2. The van der Waals surface area contributed by atoms with Gasteiger partial charge in [-0.3, -0.25) is 9.59 Å². The van der Waals surface area contributed by atoms with Crippen LogP contribution in [0.15, 0.2) is 35.2 Å². The quantitative estimate of drug-likeness (QED) is 0.444. The van der Waals surface area contributed by atoms with Gasteiger partial charge in [0.2, 0.25) is 21.8 Å². The lowest BCUT2D eigenvalue weighted by molar-refractivity contribution is -0.146. The number of piperidine rings is 2. The van der Waals surface area contributed by atoms with E-state index < -0.39 is 39.9 Å². The number of fused-ring (bicyclic) bond motifs is 3. The van der Waals surface area contributed by atoms with E-state index in [-0.39, 0.29) is 29.9 Å². The summed E-state index contributed by atoms with van der Waals surface area (Å²) in [5.41, 5.74) is 5.26. The number of nitrogens with two attached hydrogens (primary N) is 1. The minimum absolute atomic E-state index is 0.125. The maximum absolute atomic E-state index is 13.4. The lowest BCUT2D eigenvalue weighted by Crippen LogP contribution is -2.64. The molecule has 2 amide bonds. The number of benzene rings is 1. The SMILES string of the molecule is COC(=O)C(CNC(=O)CN)NC(=O)C1C2CCC(CC2)N1S(=O)(=O)c1ccccc1. The number of ether oxygens (including phenoxy) is 1. The third-order valence-corrected chi connectivity index (χ3v) is 7.85. The molecule has 1 aromatic carbocycles. The molecule has 170 valence electrons. The first-order chi connectivity index (χ1) is 14.8. The fourth-order valence-electron chi connectivity index (χ4n) is 4.38. The maximum Gasteiger partial charge on any atom is 0.330 e. The zero-order valence-electron chi connectivity index (χ0n) is 17.3. The highest BCUT2D eigenvalue weighted by Gasteiger charge is 2.51. The van der Waals surface area contributed by atoms with E-state index in [2.05, 4.69) is 10.6 Å². The van der Waals surface area contributed by atoms with Crippen molar-refractivity contribution in [2.24, 2.45) is 11.7 Å². The summed E-state index contributed by atoms with van der Waals surface area (Å²) in [4.78, 5) is 37.0. The molecule has 2 bridgehead atoms. The van der Waals surface area contributed by atoms with Gasteiger partial charge in [0.05, 0.1) is 18.6 Å². The second-order valence-electron chi connectivity index (χ2n) is 7.75. The van der Waals surface area contributed by atoms with Gasteiger partial charge < -0.3 is 21.1 Å². The van der Waals surface area contributed by atoms with Gasteiger partial charge in [-0.15, -0.1) is 0 Å². The summed E-state index contributed by atoms with van der Waals surface area (Å²) in [5, 5.41) is 5.03. The molecule has 4 rings (SSSR count). The first-order valence-corrected chi connectivity index (χ1v) is 11.7. The molecule has 31 heavy (non-hydrogen) atoms. The van der Waals surface area contributed by atoms with Crippen LogP contribution in [-0.2, 0) is 29.1 Å². The summed E-state index contributed by atoms with van der Waals surface area (Å²) < 4.78 is 32.8. The number of hydrogen-bond donors (Lipinski definition) is 3. The molecule has 10 nitrogen and oxygen atoms in total. The lowest BCUT2D eigenvalue weighted by Gasteiger charge is -2.49. The molecule has 2 saturated heterocycles. The average molecular weight is 453 g/mol. The van der Waals surface area contributed by atoms with E-state index >= 15 is 0 Å². The normalized spacial score (nSPS) is 24.3. The van der Waals surface area contributed by atoms with Crippen LogP contribution in [-0.4, -0.2) is 68.8 Å². The van der Waals surface area contributed by atoms with Crippen LogP contribution in [0, 0.1) is 5.92 Å². The molecule has 0 radical (unpaired) electrons. The Morgan fingerprint density at radius 1 is 1.16 bits per heavy atom. The van der Waals surface area contributed by atoms with E-state index in [9.17, 15) is 22.8 Å². The highest BCUT2D eigenvalue weighted by molar-refractivity contribution is 7.89. The van der Waals surface area contributed by atoms with Gasteiger partial charge in [0, 0.05) is 12.6 Å². The number of hydrogen-bond acceptors (Lipinski definition) is 7. The smallest absolute Gasteiger partial charge is 0.330 e. The molecular weight excluding hydrogens is 424 g/mol. The predicted molar refractivity (Wildman–Crippen MR) is 111 cm³/mol. The number of nitrogens with zero attached hydrogens (tertiary/aromatic N) is 1. The largest absolute Gasteiger partial charge is 0.467 e. The van der Waals surface area contributed by atoms with Gasteiger partial charge in [-0.1, -0.05) is 18.2 Å². The van der Waals surface area contributed by atoms with Crippen molar-refractivity contribution in [3.63, 3.8) is 0 Å². The molecular formula is C20H28N4O6S. The Kier molecular flexibility index (Phi) is 7.29. The summed E-state index contributed by atoms with van der Waals surface area (Å²) >= 11 is 0. The van der Waals surface area contributed by atoms with Crippen molar-refractivity contribution in [1.82, 2.24) is 14.9 Å². The topological polar surface area (TPSA) is 148 Å². The van der Waals surface area contributed by atoms with Gasteiger partial charge in [0.25, 0.3) is 0 Å². The molecule has 1 aliphatic carbocycles. The van der Waals surface area contributed by atoms with Crippen LogP contribution in [0.3, 0.4) is 0 Å². The fourth-order valence-corrected chi connectivity index (χ4v) is 6.29. The molecule has 2 unspecified atom stereocenters. The molecule has 1 saturated carbocycles. The minimum atomic E-state index is -3.91. The number of carbonyl (C=O) groups excluding carboxylic acids is 3. The Bertz CT molecular complexity index is 915. The Morgan fingerprint density at radius 2 is 1.81 bits per heavy atom. The summed E-state index contributed by atoms with van der Waals surface area (Å²) in [5.74, 6) is -1.97. The van der Waals surface area contributed by atoms with Crippen molar-refractivity contribution in [3.05, 3.63) is 30.3 Å². The summed E-state index contributed by atoms with van der Waals surface area (Å²) in [6.45, 7) is -0.474. The highest BCUT2D eigenvalue weighted by Crippen LogP contribution is 2.42. The van der Waals surface area contributed by atoms with Crippen LogP contribution in [0.2, 0.25) is 0 Å². The molecule has 3 fully saturated rings. The second kappa shape index (κ2) is 9.75. The Labute approximate surface area is 181 Å². The molecule has 2 atom stereocenters. The third-order valence-electron chi connectivity index (χ3n) is 5.90. The van der Waals surface area contributed by atoms with Crippen LogP contribution in [0.1, 0.15) is 25.7 Å². The number of nitrogens with one attached hydrogen (secondary N) is 2. The fraction of sp³-hybridized carbons (Fsp3) is 0.550. The Morgan fingerprint density at radius 3 is 2.39 bits per heavy atom. The summed E-state index contributed by atoms with van der Waals surface area (Å²) in [7, 11) is -2.74. The van der Waals surface area contributed by atoms with Gasteiger partial charge in [-0.25, -0.2) is 13.2 Å². The number of amides is 2. The molecule has 0 aromatic heterocycles. The minimum Gasteiger partial charge on any atom is -0.467 e. The van der Waals surface area contributed by atoms with Gasteiger partial charge in [0.1, 0.15) is 12.1 Å². The van der Waals surface area contributed by atoms with Crippen molar-refractivity contribution in [1.29, 1.82) is 0 Å². The standard InChI is InChI=1S/C20H28N4O6S/c1-30-20(27)16(12-22-17(25)11-21)23-19(26)18-13-7-9-14(10-8-13)24(18)31(28,29)15-5-3-2-4-6-15/h2-6,13-14,16,18H,7-12,21H2,1H3,(H,22,25)(H,23,26). The number of methoxy groups -OCH3 is 1. The van der Waals surface area contributed by atoms with E-state index in [0.717, 1.165) is 12.8 Å². The van der Waals surface area contributed by atoms with Gasteiger partial charge in [-0.05, 0) is 43.7 Å². The zero-order chi connectivity index (χ0) is 22.6. The van der Waals surface area contributed by atoms with Gasteiger partial charge in [0.15, 0.2) is 0 Å². The molecule has 0 spiro atoms. The van der Waals surface area contributed by atoms with Crippen LogP contribution in [0.25, 0.3) is 0 Å². The van der Waals surface area contributed by atoms with Gasteiger partial charge in [-0.2, -0.15) is 4.31 Å². The third kappa shape index (κ3) is 4.89. The Hall–Kier alpha value is -2.50. The van der Waals surface area contributed by atoms with Crippen molar-refractivity contribution in [2.45, 2.75) is 48.7 Å². The van der Waals surface area contributed by atoms with Crippen molar-refractivity contribution in [2.75, 3.05) is 20.2 Å². The van der Waals surface area contributed by atoms with Crippen LogP contribution < -0.4 is 16.4 Å². The van der Waals surface area contributed by atoms with Crippen molar-refractivity contribution in [3.8, 4) is 0 Å². The number of rotatable bonds is 8. The lowest BCUT2D eigenvalue weighted by atomic mass is 9.76. The van der Waals surface area contributed by atoms with E-state index in [1.165, 1.54) is 23.5 Å². The second-order valence-corrected chi connectivity index (χ2v) is 9.60. The number of carbonyl (C=O) groups is 3. The first-order valence-electron chi connectivity index (χ1n) is 10.2. The van der Waals surface area contributed by atoms with Crippen molar-refractivity contribution < 1.29 is 27.5 Å². The molecule has 2 heterocycles. The van der Waals surface area contributed by atoms with Crippen molar-refractivity contribution >= 4 is 27.8 Å². The average Bonchev–Trinajstić information content (AvgIpc) is 2.81. The predicted octanol–water partition coefficient (Wildman–Crippen LogP) is -0.649. The van der Waals surface area contributed by atoms with Crippen LogP contribution in [0.5, 0.6) is 0 Å². The number of sulfonamides is 1. The summed E-state index contributed by atoms with van der Waals surface area (Å²) in [6.07, 6.45) is 2.84. The monoisotopic (exact) mass is 452 g/mol. The van der Waals surface area contributed by atoms with Gasteiger partial charge >= 0.3 is 5.97 Å². The van der Waals surface area contributed by atoms with E-state index in [0.29, 0.717) is 12.8 Å². The van der Waals surface area contributed by atoms with Crippen LogP contribution >= 0.6 is 0 Å². The summed E-state index contributed by atoms with van der Waals surface area (Å²) in [6, 6.07) is 5.64.